The lowest BCUT2D eigenvalue weighted by Crippen LogP contribution is -2.35. The van der Waals surface area contributed by atoms with Crippen LogP contribution in [0.25, 0.3) is 0 Å². The van der Waals surface area contributed by atoms with Gasteiger partial charge in [-0.25, -0.2) is 0 Å². The molecule has 0 fully saturated rings. The molecule has 0 bridgehead atoms. The minimum absolute atomic E-state index is 0.0156. The number of allylic oxidation sites excluding steroid dienone is 1. The van der Waals surface area contributed by atoms with Gasteiger partial charge in [0.15, 0.2) is 5.75 Å². The van der Waals surface area contributed by atoms with E-state index in [2.05, 4.69) is 32.7 Å². The average Bonchev–Trinajstić information content (AvgIpc) is 2.41. The van der Waals surface area contributed by atoms with Crippen LogP contribution in [0.5, 0.6) is 5.75 Å². The molecule has 0 aliphatic carbocycles. The summed E-state index contributed by atoms with van der Waals surface area (Å²) in [5, 5.41) is 14.5. The zero-order valence-corrected chi connectivity index (χ0v) is 13.0. The van der Waals surface area contributed by atoms with Gasteiger partial charge in [-0.15, -0.1) is 6.58 Å². The highest BCUT2D eigenvalue weighted by molar-refractivity contribution is 5.48. The quantitative estimate of drug-likeness (QED) is 0.342. The Morgan fingerprint density at radius 2 is 2.14 bits per heavy atom. The topological polar surface area (TPSA) is 64.4 Å². The van der Waals surface area contributed by atoms with Crippen molar-refractivity contribution < 1.29 is 9.66 Å². The van der Waals surface area contributed by atoms with Crippen molar-refractivity contribution in [1.82, 2.24) is 5.32 Å². The number of benzene rings is 1. The van der Waals surface area contributed by atoms with Crippen molar-refractivity contribution in [2.45, 2.75) is 45.7 Å². The molecule has 1 N–H and O–H groups in total. The molecular formula is C16H24N2O3. The maximum absolute atomic E-state index is 11.2. The zero-order valence-electron chi connectivity index (χ0n) is 13.0. The second-order valence-electron chi connectivity index (χ2n) is 5.94. The zero-order chi connectivity index (χ0) is 15.9. The van der Waals surface area contributed by atoms with Crippen LogP contribution < -0.4 is 10.1 Å². The maximum atomic E-state index is 11.2. The van der Waals surface area contributed by atoms with Crippen LogP contribution in [0.2, 0.25) is 0 Å². The molecule has 0 saturated heterocycles. The first-order valence-electron chi connectivity index (χ1n) is 7.09. The smallest absolute Gasteiger partial charge is 0.311 e. The molecule has 0 aliphatic rings. The summed E-state index contributed by atoms with van der Waals surface area (Å²) in [7, 11) is 0. The van der Waals surface area contributed by atoms with E-state index in [-0.39, 0.29) is 11.2 Å². The number of nitrogens with one attached hydrogen (secondary N) is 1. The van der Waals surface area contributed by atoms with Crippen LogP contribution in [0.1, 0.15) is 39.2 Å². The van der Waals surface area contributed by atoms with Crippen molar-refractivity contribution in [3.05, 3.63) is 46.5 Å². The molecule has 0 unspecified atom stereocenters. The first-order valence-corrected chi connectivity index (χ1v) is 7.09. The van der Waals surface area contributed by atoms with Gasteiger partial charge in [-0.1, -0.05) is 12.1 Å². The molecule has 0 saturated carbocycles. The summed E-state index contributed by atoms with van der Waals surface area (Å²) >= 11 is 0. The van der Waals surface area contributed by atoms with E-state index in [0.29, 0.717) is 18.9 Å². The number of nitro benzene ring substituents is 1. The van der Waals surface area contributed by atoms with Crippen molar-refractivity contribution in [3.63, 3.8) is 0 Å². The number of nitrogens with zero attached hydrogens (tertiary/aromatic N) is 1. The van der Waals surface area contributed by atoms with Crippen LogP contribution in [0.4, 0.5) is 5.69 Å². The molecular weight excluding hydrogens is 268 g/mol. The predicted molar refractivity (Wildman–Crippen MR) is 84.6 cm³/mol. The Morgan fingerprint density at radius 1 is 1.43 bits per heavy atom. The minimum Gasteiger partial charge on any atom is -0.487 e. The van der Waals surface area contributed by atoms with Gasteiger partial charge in [-0.2, -0.15) is 0 Å². The summed E-state index contributed by atoms with van der Waals surface area (Å²) < 4.78 is 5.49. The van der Waals surface area contributed by atoms with Gasteiger partial charge >= 0.3 is 5.69 Å². The fourth-order valence-corrected chi connectivity index (χ4v) is 1.71. The van der Waals surface area contributed by atoms with Crippen LogP contribution in [0, 0.1) is 10.1 Å². The third-order valence-electron chi connectivity index (χ3n) is 2.85. The summed E-state index contributed by atoms with van der Waals surface area (Å²) in [6.45, 7) is 10.8. The van der Waals surface area contributed by atoms with Gasteiger partial charge in [0.25, 0.3) is 0 Å². The average molecular weight is 292 g/mol. The van der Waals surface area contributed by atoms with Crippen molar-refractivity contribution in [2.24, 2.45) is 0 Å². The normalized spacial score (nSPS) is 11.2. The SMILES string of the molecule is C=CCCCOc1ccc(CNC(C)(C)C)cc1[N+](=O)[O-]. The Kier molecular flexibility index (Phi) is 6.37. The van der Waals surface area contributed by atoms with Gasteiger partial charge in [-0.05, 0) is 45.2 Å². The molecule has 1 aromatic carbocycles. The summed E-state index contributed by atoms with van der Waals surface area (Å²) in [6.07, 6.45) is 3.44. The van der Waals surface area contributed by atoms with E-state index >= 15 is 0 Å². The van der Waals surface area contributed by atoms with E-state index in [0.717, 1.165) is 18.4 Å². The van der Waals surface area contributed by atoms with E-state index in [1.807, 2.05) is 6.07 Å². The van der Waals surface area contributed by atoms with Gasteiger partial charge < -0.3 is 10.1 Å². The summed E-state index contributed by atoms with van der Waals surface area (Å²) in [5.41, 5.74) is 0.853. The number of nitro groups is 1. The second-order valence-corrected chi connectivity index (χ2v) is 5.94. The molecule has 116 valence electrons. The fourth-order valence-electron chi connectivity index (χ4n) is 1.71. The van der Waals surface area contributed by atoms with Crippen molar-refractivity contribution in [3.8, 4) is 5.75 Å². The van der Waals surface area contributed by atoms with Gasteiger partial charge in [0.2, 0.25) is 0 Å². The van der Waals surface area contributed by atoms with Crippen molar-refractivity contribution in [2.75, 3.05) is 6.61 Å². The predicted octanol–water partition coefficient (Wildman–Crippen LogP) is 3.83. The Balaban J connectivity index is 2.76. The molecule has 0 amide bonds. The summed E-state index contributed by atoms with van der Waals surface area (Å²) in [6, 6.07) is 5.10. The molecule has 5 nitrogen and oxygen atoms in total. The van der Waals surface area contributed by atoms with Crippen LogP contribution in [-0.4, -0.2) is 17.1 Å². The highest BCUT2D eigenvalue weighted by Gasteiger charge is 2.17. The molecule has 0 radical (unpaired) electrons. The third-order valence-corrected chi connectivity index (χ3v) is 2.85. The maximum Gasteiger partial charge on any atom is 0.311 e. The Labute approximate surface area is 126 Å². The molecule has 0 atom stereocenters. The minimum atomic E-state index is -0.399. The molecule has 1 aromatic rings. The number of rotatable bonds is 8. The number of unbranched alkanes of at least 4 members (excludes halogenated alkanes) is 1. The number of hydrogen-bond donors (Lipinski definition) is 1. The van der Waals surface area contributed by atoms with Crippen LogP contribution in [0.3, 0.4) is 0 Å². The molecule has 21 heavy (non-hydrogen) atoms. The molecule has 0 aromatic heterocycles. The number of hydrogen-bond acceptors (Lipinski definition) is 4. The Hall–Kier alpha value is -1.88. The van der Waals surface area contributed by atoms with Gasteiger partial charge in [0.05, 0.1) is 11.5 Å². The van der Waals surface area contributed by atoms with Crippen LogP contribution in [0.15, 0.2) is 30.9 Å². The fraction of sp³-hybridized carbons (Fsp3) is 0.500. The highest BCUT2D eigenvalue weighted by atomic mass is 16.6. The Morgan fingerprint density at radius 3 is 2.71 bits per heavy atom. The number of ether oxygens (including phenoxy) is 1. The Bertz CT molecular complexity index is 493. The van der Waals surface area contributed by atoms with Crippen molar-refractivity contribution in [1.29, 1.82) is 0 Å². The largest absolute Gasteiger partial charge is 0.487 e. The van der Waals surface area contributed by atoms with E-state index in [4.69, 9.17) is 4.74 Å². The van der Waals surface area contributed by atoms with Crippen LogP contribution in [-0.2, 0) is 6.54 Å². The van der Waals surface area contributed by atoms with E-state index in [9.17, 15) is 10.1 Å². The van der Waals surface area contributed by atoms with Gasteiger partial charge in [0.1, 0.15) is 0 Å². The molecule has 0 aliphatic heterocycles. The molecule has 1 rings (SSSR count). The first kappa shape index (κ1) is 17.2. The molecule has 0 spiro atoms. The summed E-state index contributed by atoms with van der Waals surface area (Å²) in [5.74, 6) is 0.323. The van der Waals surface area contributed by atoms with E-state index < -0.39 is 4.92 Å². The lowest BCUT2D eigenvalue weighted by atomic mass is 10.1. The standard InChI is InChI=1S/C16H24N2O3/c1-5-6-7-10-21-15-9-8-13(11-14(15)18(19)20)12-17-16(2,3)4/h5,8-9,11,17H,1,6-7,10,12H2,2-4H3. The highest BCUT2D eigenvalue weighted by Crippen LogP contribution is 2.28. The van der Waals surface area contributed by atoms with Crippen molar-refractivity contribution >= 4 is 5.69 Å². The summed E-state index contributed by atoms with van der Waals surface area (Å²) in [4.78, 5) is 10.8. The third kappa shape index (κ3) is 6.40. The van der Waals surface area contributed by atoms with E-state index in [1.165, 1.54) is 0 Å². The second kappa shape index (κ2) is 7.78. The van der Waals surface area contributed by atoms with E-state index in [1.54, 1.807) is 18.2 Å². The lowest BCUT2D eigenvalue weighted by molar-refractivity contribution is -0.385. The molecule has 5 heteroatoms. The monoisotopic (exact) mass is 292 g/mol. The molecule has 0 heterocycles. The van der Waals surface area contributed by atoms with Gasteiger partial charge in [-0.3, -0.25) is 10.1 Å². The van der Waals surface area contributed by atoms with Gasteiger partial charge in [0, 0.05) is 18.2 Å². The van der Waals surface area contributed by atoms with Crippen LogP contribution >= 0.6 is 0 Å². The lowest BCUT2D eigenvalue weighted by Gasteiger charge is -2.20. The first-order chi connectivity index (χ1) is 9.83.